The molecule has 2 saturated heterocycles. The van der Waals surface area contributed by atoms with E-state index in [0.29, 0.717) is 12.3 Å². The van der Waals surface area contributed by atoms with Crippen molar-refractivity contribution in [2.75, 3.05) is 19.6 Å². The van der Waals surface area contributed by atoms with E-state index in [1.807, 2.05) is 9.80 Å². The summed E-state index contributed by atoms with van der Waals surface area (Å²) in [6.45, 7) is 2.48. The Morgan fingerprint density at radius 2 is 1.72 bits per heavy atom. The van der Waals surface area contributed by atoms with Gasteiger partial charge in [-0.2, -0.15) is 0 Å². The molecule has 1 aromatic carbocycles. The predicted octanol–water partition coefficient (Wildman–Crippen LogP) is 3.11. The fourth-order valence-electron chi connectivity index (χ4n) is 4.82. The normalized spacial score (nSPS) is 25.9. The van der Waals surface area contributed by atoms with E-state index in [1.54, 1.807) is 0 Å². The highest BCUT2D eigenvalue weighted by molar-refractivity contribution is 5.88. The molecule has 0 aromatic heterocycles. The molecule has 4 nitrogen and oxygen atoms in total. The van der Waals surface area contributed by atoms with Crippen molar-refractivity contribution in [1.29, 1.82) is 0 Å². The number of fused-ring (bicyclic) bond motifs is 1. The van der Waals surface area contributed by atoms with Gasteiger partial charge >= 0.3 is 0 Å². The minimum atomic E-state index is -0.212. The Hall–Kier alpha value is -1.84. The SMILES string of the molecule is O=C(C1CCCCN1C(=O)CC1CCc2ccccc21)N1CCCC1. The van der Waals surface area contributed by atoms with Gasteiger partial charge in [-0.15, -0.1) is 0 Å². The third-order valence-corrected chi connectivity index (χ3v) is 6.20. The van der Waals surface area contributed by atoms with Crippen LogP contribution in [0, 0.1) is 0 Å². The van der Waals surface area contributed by atoms with Gasteiger partial charge in [-0.25, -0.2) is 0 Å². The summed E-state index contributed by atoms with van der Waals surface area (Å²) < 4.78 is 0. The molecule has 134 valence electrons. The van der Waals surface area contributed by atoms with Gasteiger partial charge in [0.25, 0.3) is 0 Å². The average Bonchev–Trinajstić information content (AvgIpc) is 3.32. The summed E-state index contributed by atoms with van der Waals surface area (Å²) in [6.07, 6.45) is 7.81. The van der Waals surface area contributed by atoms with Crippen LogP contribution in [0.15, 0.2) is 24.3 Å². The van der Waals surface area contributed by atoms with E-state index >= 15 is 0 Å². The standard InChI is InChI=1S/C21H28N2O2/c24-20(15-17-11-10-16-7-1-2-8-18(16)17)23-14-4-3-9-19(23)21(25)22-12-5-6-13-22/h1-2,7-8,17,19H,3-6,9-15H2. The highest BCUT2D eigenvalue weighted by Crippen LogP contribution is 2.36. The number of nitrogens with zero attached hydrogens (tertiary/aromatic N) is 2. The molecule has 3 aliphatic rings. The highest BCUT2D eigenvalue weighted by atomic mass is 16.2. The largest absolute Gasteiger partial charge is 0.341 e. The van der Waals surface area contributed by atoms with Gasteiger partial charge in [-0.1, -0.05) is 24.3 Å². The van der Waals surface area contributed by atoms with Crippen molar-refractivity contribution in [2.45, 2.75) is 63.3 Å². The molecule has 2 heterocycles. The topological polar surface area (TPSA) is 40.6 Å². The Morgan fingerprint density at radius 1 is 0.960 bits per heavy atom. The number of aryl methyl sites for hydroxylation is 1. The van der Waals surface area contributed by atoms with E-state index < -0.39 is 0 Å². The van der Waals surface area contributed by atoms with Crippen LogP contribution in [0.3, 0.4) is 0 Å². The first kappa shape index (κ1) is 16.6. The molecule has 4 rings (SSSR count). The fourth-order valence-corrected chi connectivity index (χ4v) is 4.82. The van der Waals surface area contributed by atoms with E-state index in [-0.39, 0.29) is 17.9 Å². The number of hydrogen-bond donors (Lipinski definition) is 0. The molecule has 2 unspecified atom stereocenters. The van der Waals surface area contributed by atoms with Crippen LogP contribution in [0.25, 0.3) is 0 Å². The van der Waals surface area contributed by atoms with Crippen molar-refractivity contribution in [1.82, 2.24) is 9.80 Å². The second kappa shape index (κ2) is 7.19. The summed E-state index contributed by atoms with van der Waals surface area (Å²) >= 11 is 0. The lowest BCUT2D eigenvalue weighted by Gasteiger charge is -2.37. The Morgan fingerprint density at radius 3 is 2.56 bits per heavy atom. The van der Waals surface area contributed by atoms with E-state index in [0.717, 1.165) is 64.6 Å². The van der Waals surface area contributed by atoms with Gasteiger partial charge in [-0.05, 0) is 62.0 Å². The first-order valence-corrected chi connectivity index (χ1v) is 9.90. The van der Waals surface area contributed by atoms with Crippen molar-refractivity contribution in [3.05, 3.63) is 35.4 Å². The fraction of sp³-hybridized carbons (Fsp3) is 0.619. The third kappa shape index (κ3) is 3.31. The molecule has 2 amide bonds. The molecule has 0 saturated carbocycles. The van der Waals surface area contributed by atoms with E-state index in [9.17, 15) is 9.59 Å². The van der Waals surface area contributed by atoms with Crippen molar-refractivity contribution in [2.24, 2.45) is 0 Å². The summed E-state index contributed by atoms with van der Waals surface area (Å²) in [6, 6.07) is 8.29. The lowest BCUT2D eigenvalue weighted by Crippen LogP contribution is -2.52. The monoisotopic (exact) mass is 340 g/mol. The zero-order valence-corrected chi connectivity index (χ0v) is 15.0. The van der Waals surface area contributed by atoms with E-state index in [1.165, 1.54) is 11.1 Å². The molecule has 2 fully saturated rings. The first-order valence-electron chi connectivity index (χ1n) is 9.90. The Bertz CT molecular complexity index is 651. The van der Waals surface area contributed by atoms with Crippen LogP contribution in [0.2, 0.25) is 0 Å². The van der Waals surface area contributed by atoms with Gasteiger partial charge in [0.05, 0.1) is 0 Å². The molecular weight excluding hydrogens is 312 g/mol. The number of benzene rings is 1. The summed E-state index contributed by atoms with van der Waals surface area (Å²) in [5.74, 6) is 0.699. The quantitative estimate of drug-likeness (QED) is 0.848. The van der Waals surface area contributed by atoms with Gasteiger partial charge in [0.2, 0.25) is 11.8 Å². The van der Waals surface area contributed by atoms with Gasteiger partial charge < -0.3 is 9.80 Å². The van der Waals surface area contributed by atoms with Gasteiger partial charge in [0.1, 0.15) is 6.04 Å². The first-order chi connectivity index (χ1) is 12.2. The van der Waals surface area contributed by atoms with E-state index in [2.05, 4.69) is 24.3 Å². The lowest BCUT2D eigenvalue weighted by atomic mass is 9.95. The maximum atomic E-state index is 13.0. The zero-order chi connectivity index (χ0) is 17.2. The number of amides is 2. The molecule has 0 bridgehead atoms. The Balaban J connectivity index is 1.45. The van der Waals surface area contributed by atoms with E-state index in [4.69, 9.17) is 0 Å². The zero-order valence-electron chi connectivity index (χ0n) is 15.0. The summed E-state index contributed by atoms with van der Waals surface area (Å²) in [5.41, 5.74) is 2.74. The maximum absolute atomic E-state index is 13.0. The molecule has 2 aliphatic heterocycles. The van der Waals surface area contributed by atoms with Gasteiger partial charge in [0, 0.05) is 26.1 Å². The number of hydrogen-bond acceptors (Lipinski definition) is 2. The van der Waals surface area contributed by atoms with Crippen LogP contribution in [-0.4, -0.2) is 47.3 Å². The lowest BCUT2D eigenvalue weighted by molar-refractivity contribution is -0.147. The number of carbonyl (C=O) groups excluding carboxylic acids is 2. The van der Waals surface area contributed by atoms with Gasteiger partial charge in [-0.3, -0.25) is 9.59 Å². The summed E-state index contributed by atoms with van der Waals surface area (Å²) in [4.78, 5) is 29.8. The highest BCUT2D eigenvalue weighted by Gasteiger charge is 2.36. The second-order valence-corrected chi connectivity index (χ2v) is 7.77. The van der Waals surface area contributed by atoms with Crippen LogP contribution < -0.4 is 0 Å². The molecule has 4 heteroatoms. The molecular formula is C21H28N2O2. The van der Waals surface area contributed by atoms with Crippen molar-refractivity contribution >= 4 is 11.8 Å². The maximum Gasteiger partial charge on any atom is 0.245 e. The van der Waals surface area contributed by atoms with Gasteiger partial charge in [0.15, 0.2) is 0 Å². The molecule has 1 aliphatic carbocycles. The Kier molecular flexibility index (Phi) is 4.78. The summed E-state index contributed by atoms with van der Waals surface area (Å²) in [7, 11) is 0. The third-order valence-electron chi connectivity index (χ3n) is 6.20. The smallest absolute Gasteiger partial charge is 0.245 e. The molecule has 1 aromatic rings. The molecule has 25 heavy (non-hydrogen) atoms. The van der Waals surface area contributed by atoms with Crippen LogP contribution in [0.1, 0.15) is 62.0 Å². The van der Waals surface area contributed by atoms with Crippen LogP contribution in [0.4, 0.5) is 0 Å². The number of likely N-dealkylation sites (tertiary alicyclic amines) is 2. The number of rotatable bonds is 3. The Labute approximate surface area is 150 Å². The second-order valence-electron chi connectivity index (χ2n) is 7.77. The van der Waals surface area contributed by atoms with Crippen LogP contribution >= 0.6 is 0 Å². The minimum absolute atomic E-state index is 0.180. The van der Waals surface area contributed by atoms with Crippen molar-refractivity contribution < 1.29 is 9.59 Å². The van der Waals surface area contributed by atoms with Crippen LogP contribution in [-0.2, 0) is 16.0 Å². The molecule has 0 N–H and O–H groups in total. The molecule has 0 radical (unpaired) electrons. The number of piperidine rings is 1. The van der Waals surface area contributed by atoms with Crippen LogP contribution in [0.5, 0.6) is 0 Å². The molecule has 0 spiro atoms. The van der Waals surface area contributed by atoms with Crippen molar-refractivity contribution in [3.63, 3.8) is 0 Å². The molecule has 2 atom stereocenters. The predicted molar refractivity (Wildman–Crippen MR) is 97.3 cm³/mol. The minimum Gasteiger partial charge on any atom is -0.341 e. The summed E-state index contributed by atoms with van der Waals surface area (Å²) in [5, 5.41) is 0. The average molecular weight is 340 g/mol. The number of carbonyl (C=O) groups is 2. The van der Waals surface area contributed by atoms with Crippen molar-refractivity contribution in [3.8, 4) is 0 Å².